The number of hydrogen-bond acceptors (Lipinski definition) is 4. The van der Waals surface area contributed by atoms with Gasteiger partial charge < -0.3 is 5.32 Å². The summed E-state index contributed by atoms with van der Waals surface area (Å²) in [5, 5.41) is 4.73. The van der Waals surface area contributed by atoms with Gasteiger partial charge in [0.1, 0.15) is 17.8 Å². The van der Waals surface area contributed by atoms with Gasteiger partial charge in [-0.3, -0.25) is 19.8 Å². The maximum Gasteiger partial charge on any atom is 0.407 e. The molecule has 3 atom stereocenters. The van der Waals surface area contributed by atoms with E-state index in [4.69, 9.17) is 0 Å². The Morgan fingerprint density at radius 2 is 1.83 bits per heavy atom. The topological polar surface area (TPSA) is 61.4 Å². The molecule has 5 nitrogen and oxygen atoms in total. The Hall–Kier alpha value is -1.52. The van der Waals surface area contributed by atoms with Crippen LogP contribution in [0, 0.1) is 0 Å². The Kier molecular flexibility index (Phi) is 7.45. The highest BCUT2D eigenvalue weighted by molar-refractivity contribution is 9.10. The smallest absolute Gasteiger partial charge is 0.344 e. The molecule has 10 heteroatoms. The first-order chi connectivity index (χ1) is 13.3. The van der Waals surface area contributed by atoms with Crippen molar-refractivity contribution in [1.29, 1.82) is 0 Å². The van der Waals surface area contributed by atoms with Gasteiger partial charge in [-0.25, -0.2) is 4.39 Å². The predicted octanol–water partition coefficient (Wildman–Crippen LogP) is 3.15. The maximum atomic E-state index is 14.3. The average Bonchev–Trinajstić information content (AvgIpc) is 2.87. The Labute approximate surface area is 175 Å². The van der Waals surface area contributed by atoms with Crippen molar-refractivity contribution in [2.24, 2.45) is 0 Å². The molecule has 0 saturated carbocycles. The number of ketones is 1. The lowest BCUT2D eigenvalue weighted by atomic mass is 9.97. The van der Waals surface area contributed by atoms with Crippen molar-refractivity contribution in [2.75, 3.05) is 20.1 Å². The fourth-order valence-corrected chi connectivity index (χ4v) is 3.47. The number of amides is 1. The molecule has 1 aromatic carbocycles. The molecular weight excluding hydrogens is 458 g/mol. The molecule has 0 spiro atoms. The fraction of sp³-hybridized carbons (Fsp3) is 0.579. The quantitative estimate of drug-likeness (QED) is 0.587. The molecule has 1 fully saturated rings. The van der Waals surface area contributed by atoms with Crippen LogP contribution in [0.25, 0.3) is 0 Å². The number of nitrogens with one attached hydrogen (secondary N) is 2. The van der Waals surface area contributed by atoms with Crippen molar-refractivity contribution in [1.82, 2.24) is 15.5 Å². The van der Waals surface area contributed by atoms with Gasteiger partial charge in [0.05, 0.1) is 12.6 Å². The number of hydrogen-bond donors (Lipinski definition) is 2. The van der Waals surface area contributed by atoms with Crippen LogP contribution in [0.2, 0.25) is 0 Å². The molecule has 162 valence electrons. The first kappa shape index (κ1) is 23.8. The third-order valence-corrected chi connectivity index (χ3v) is 5.06. The zero-order valence-electron chi connectivity index (χ0n) is 16.3. The average molecular weight is 482 g/mol. The zero-order chi connectivity index (χ0) is 22.0. The predicted molar refractivity (Wildman–Crippen MR) is 104 cm³/mol. The van der Waals surface area contributed by atoms with E-state index in [1.54, 1.807) is 11.9 Å². The van der Waals surface area contributed by atoms with Crippen LogP contribution in [-0.4, -0.2) is 60.7 Å². The van der Waals surface area contributed by atoms with E-state index < -0.39 is 42.3 Å². The number of rotatable bonds is 7. The molecule has 1 saturated heterocycles. The molecule has 1 amide bonds. The normalized spacial score (nSPS) is 20.6. The zero-order valence-corrected chi connectivity index (χ0v) is 17.9. The van der Waals surface area contributed by atoms with Crippen molar-refractivity contribution < 1.29 is 27.2 Å². The van der Waals surface area contributed by atoms with Gasteiger partial charge in [0, 0.05) is 17.4 Å². The van der Waals surface area contributed by atoms with Crippen LogP contribution in [0.4, 0.5) is 17.6 Å². The van der Waals surface area contributed by atoms with Gasteiger partial charge >= 0.3 is 6.18 Å². The van der Waals surface area contributed by atoms with E-state index >= 15 is 0 Å². The number of likely N-dealkylation sites (tertiary alicyclic amines) is 1. The minimum Gasteiger partial charge on any atom is -0.344 e. The SMILES string of the molecule is CN1CC(=O)C(NC(=O)[C@H](CC(C)(C)F)N[C@@H](c2ccc(Br)cc2)C(F)(F)F)C1. The molecule has 0 radical (unpaired) electrons. The second-order valence-corrected chi connectivity index (χ2v) is 8.81. The second-order valence-electron chi connectivity index (χ2n) is 7.89. The largest absolute Gasteiger partial charge is 0.407 e. The summed E-state index contributed by atoms with van der Waals surface area (Å²) in [7, 11) is 1.69. The lowest BCUT2D eigenvalue weighted by molar-refractivity contribution is -0.161. The molecule has 2 rings (SSSR count). The van der Waals surface area contributed by atoms with Gasteiger partial charge in [-0.2, -0.15) is 13.2 Å². The summed E-state index contributed by atoms with van der Waals surface area (Å²) < 4.78 is 56.0. The van der Waals surface area contributed by atoms with Gasteiger partial charge in [-0.1, -0.05) is 28.1 Å². The Morgan fingerprint density at radius 1 is 1.24 bits per heavy atom. The summed E-state index contributed by atoms with van der Waals surface area (Å²) in [6.07, 6.45) is -5.20. The summed E-state index contributed by atoms with van der Waals surface area (Å²) in [6, 6.07) is 0.991. The molecule has 1 unspecified atom stereocenters. The molecule has 1 heterocycles. The summed E-state index contributed by atoms with van der Waals surface area (Å²) in [5.74, 6) is -1.07. The van der Waals surface area contributed by atoms with Crippen LogP contribution in [-0.2, 0) is 9.59 Å². The van der Waals surface area contributed by atoms with E-state index in [1.807, 2.05) is 0 Å². The Morgan fingerprint density at radius 3 is 2.28 bits per heavy atom. The van der Waals surface area contributed by atoms with Gasteiger partial charge in [-0.15, -0.1) is 0 Å². The number of alkyl halides is 4. The molecule has 29 heavy (non-hydrogen) atoms. The van der Waals surface area contributed by atoms with Crippen molar-refractivity contribution in [2.45, 2.75) is 50.2 Å². The van der Waals surface area contributed by atoms with Gasteiger partial charge in [0.15, 0.2) is 5.78 Å². The molecular formula is C19H24BrF4N3O2. The van der Waals surface area contributed by atoms with E-state index in [0.29, 0.717) is 4.47 Å². The lowest BCUT2D eigenvalue weighted by Crippen LogP contribution is -2.54. The van der Waals surface area contributed by atoms with E-state index in [9.17, 15) is 27.2 Å². The van der Waals surface area contributed by atoms with E-state index in [0.717, 1.165) is 0 Å². The third kappa shape index (κ3) is 7.04. The van der Waals surface area contributed by atoms with Gasteiger partial charge in [0.2, 0.25) is 5.91 Å². The van der Waals surface area contributed by atoms with E-state index in [-0.39, 0.29) is 24.4 Å². The standard InChI is InChI=1S/C19H24BrF4N3O2/c1-18(2,21)8-13(17(29)26-14-9-27(3)10-15(14)28)25-16(19(22,23)24)11-4-6-12(20)7-5-11/h4-7,13-14,16,25H,8-10H2,1-3H3,(H,26,29)/t13-,14?,16-/m0/s1. The lowest BCUT2D eigenvalue weighted by Gasteiger charge is -2.30. The number of Topliss-reactive ketones (excluding diaryl/α,β-unsaturated/α-hetero) is 1. The molecule has 2 N–H and O–H groups in total. The van der Waals surface area contributed by atoms with Crippen LogP contribution in [0.5, 0.6) is 0 Å². The van der Waals surface area contributed by atoms with E-state index in [2.05, 4.69) is 26.6 Å². The van der Waals surface area contributed by atoms with Crippen LogP contribution in [0.15, 0.2) is 28.7 Å². The minimum atomic E-state index is -4.71. The molecule has 1 aromatic rings. The van der Waals surface area contributed by atoms with Crippen LogP contribution >= 0.6 is 15.9 Å². The number of halogens is 5. The molecule has 0 aromatic heterocycles. The third-order valence-electron chi connectivity index (χ3n) is 4.53. The Balaban J connectivity index is 2.25. The highest BCUT2D eigenvalue weighted by atomic mass is 79.9. The first-order valence-electron chi connectivity index (χ1n) is 9.05. The molecule has 1 aliphatic heterocycles. The van der Waals surface area contributed by atoms with Crippen LogP contribution in [0.3, 0.4) is 0 Å². The molecule has 0 bridgehead atoms. The molecule has 1 aliphatic rings. The summed E-state index contributed by atoms with van der Waals surface area (Å²) >= 11 is 3.17. The van der Waals surface area contributed by atoms with Gasteiger partial charge in [0.25, 0.3) is 0 Å². The summed E-state index contributed by atoms with van der Waals surface area (Å²) in [4.78, 5) is 26.3. The van der Waals surface area contributed by atoms with Crippen molar-refractivity contribution in [3.05, 3.63) is 34.3 Å². The van der Waals surface area contributed by atoms with Crippen molar-refractivity contribution >= 4 is 27.6 Å². The summed E-state index contributed by atoms with van der Waals surface area (Å²) in [5.41, 5.74) is -2.01. The fourth-order valence-electron chi connectivity index (χ4n) is 3.20. The number of nitrogens with zero attached hydrogens (tertiary/aromatic N) is 1. The maximum absolute atomic E-state index is 14.3. The number of carbonyl (C=O) groups excluding carboxylic acids is 2. The highest BCUT2D eigenvalue weighted by Crippen LogP contribution is 2.34. The minimum absolute atomic E-state index is 0.105. The van der Waals surface area contributed by atoms with Crippen LogP contribution < -0.4 is 10.6 Å². The van der Waals surface area contributed by atoms with Crippen LogP contribution in [0.1, 0.15) is 31.9 Å². The van der Waals surface area contributed by atoms with E-state index in [1.165, 1.54) is 38.1 Å². The first-order valence-corrected chi connectivity index (χ1v) is 9.84. The van der Waals surface area contributed by atoms with Crippen molar-refractivity contribution in [3.8, 4) is 0 Å². The monoisotopic (exact) mass is 481 g/mol. The number of likely N-dealkylation sites (N-methyl/N-ethyl adjacent to an activating group) is 1. The molecule has 0 aliphatic carbocycles. The Bertz CT molecular complexity index is 734. The second kappa shape index (κ2) is 9.09. The number of benzene rings is 1. The summed E-state index contributed by atoms with van der Waals surface area (Å²) in [6.45, 7) is 2.77. The highest BCUT2D eigenvalue weighted by Gasteiger charge is 2.44. The number of carbonyl (C=O) groups is 2. The van der Waals surface area contributed by atoms with Crippen molar-refractivity contribution in [3.63, 3.8) is 0 Å². The van der Waals surface area contributed by atoms with Gasteiger partial charge in [-0.05, 0) is 38.6 Å².